The van der Waals surface area contributed by atoms with Gasteiger partial charge >= 0.3 is 5.97 Å². The van der Waals surface area contributed by atoms with Gasteiger partial charge in [-0.3, -0.25) is 0 Å². The first-order chi connectivity index (χ1) is 9.81. The summed E-state index contributed by atoms with van der Waals surface area (Å²) in [5, 5.41) is 9.15. The van der Waals surface area contributed by atoms with E-state index in [0.29, 0.717) is 18.5 Å². The number of aromatic carboxylic acids is 1. The van der Waals surface area contributed by atoms with Crippen molar-refractivity contribution in [2.24, 2.45) is 0 Å². The zero-order valence-corrected chi connectivity index (χ0v) is 13.4. The Morgan fingerprint density at radius 1 is 1.33 bits per heavy atom. The van der Waals surface area contributed by atoms with E-state index in [1.54, 1.807) is 6.07 Å². The Labute approximate surface area is 125 Å². The van der Waals surface area contributed by atoms with Gasteiger partial charge in [-0.15, -0.1) is 0 Å². The Morgan fingerprint density at radius 3 is 2.52 bits per heavy atom. The Kier molecular flexibility index (Phi) is 6.32. The second kappa shape index (κ2) is 7.53. The first-order valence-corrected chi connectivity index (χ1v) is 8.34. The van der Waals surface area contributed by atoms with Crippen LogP contribution in [-0.4, -0.2) is 51.1 Å². The molecule has 0 unspecified atom stereocenters. The Bertz CT molecular complexity index is 599. The number of sulfonamides is 1. The van der Waals surface area contributed by atoms with Gasteiger partial charge < -0.3 is 10.0 Å². The van der Waals surface area contributed by atoms with Crippen LogP contribution in [0, 0.1) is 0 Å². The largest absolute Gasteiger partial charge is 0.478 e. The lowest BCUT2D eigenvalue weighted by Gasteiger charge is -2.14. The van der Waals surface area contributed by atoms with E-state index in [0.717, 1.165) is 6.54 Å². The van der Waals surface area contributed by atoms with Gasteiger partial charge in [-0.05, 0) is 37.7 Å². The molecule has 0 aliphatic carbocycles. The van der Waals surface area contributed by atoms with Crippen molar-refractivity contribution in [3.63, 3.8) is 0 Å². The van der Waals surface area contributed by atoms with Crippen molar-refractivity contribution in [1.29, 1.82) is 0 Å². The van der Waals surface area contributed by atoms with Gasteiger partial charge in [0.15, 0.2) is 0 Å². The normalized spacial score (nSPS) is 11.8. The van der Waals surface area contributed by atoms with E-state index >= 15 is 0 Å². The highest BCUT2D eigenvalue weighted by Crippen LogP contribution is 2.17. The molecule has 1 aromatic rings. The molecular formula is C14H22N2O4S. The molecule has 0 aliphatic heterocycles. The molecule has 0 spiro atoms. The highest BCUT2D eigenvalue weighted by Gasteiger charge is 2.18. The van der Waals surface area contributed by atoms with Crippen LogP contribution in [0.15, 0.2) is 23.1 Å². The van der Waals surface area contributed by atoms with Gasteiger partial charge in [0.2, 0.25) is 10.0 Å². The van der Waals surface area contributed by atoms with Crippen molar-refractivity contribution in [3.05, 3.63) is 29.3 Å². The van der Waals surface area contributed by atoms with Crippen LogP contribution in [-0.2, 0) is 16.4 Å². The van der Waals surface area contributed by atoms with E-state index in [1.165, 1.54) is 12.1 Å². The molecule has 0 aliphatic rings. The molecule has 0 fully saturated rings. The topological polar surface area (TPSA) is 86.7 Å². The number of carbonyl (C=O) groups is 1. The summed E-state index contributed by atoms with van der Waals surface area (Å²) in [5.74, 6) is -1.12. The van der Waals surface area contributed by atoms with Crippen LogP contribution in [0.1, 0.15) is 29.8 Å². The fourth-order valence-electron chi connectivity index (χ4n) is 1.84. The third-order valence-electron chi connectivity index (χ3n) is 3.33. The van der Waals surface area contributed by atoms with Crippen molar-refractivity contribution >= 4 is 16.0 Å². The highest BCUT2D eigenvalue weighted by molar-refractivity contribution is 7.89. The summed E-state index contributed by atoms with van der Waals surface area (Å²) in [6.45, 7) is 5.52. The Balaban J connectivity index is 2.93. The average molecular weight is 314 g/mol. The third kappa shape index (κ3) is 4.80. The predicted molar refractivity (Wildman–Crippen MR) is 81.1 cm³/mol. The summed E-state index contributed by atoms with van der Waals surface area (Å²) in [5.41, 5.74) is 0.651. The minimum absolute atomic E-state index is 0.0174. The summed E-state index contributed by atoms with van der Waals surface area (Å²) in [7, 11) is -1.79. The number of benzene rings is 1. The maximum atomic E-state index is 12.2. The van der Waals surface area contributed by atoms with E-state index in [4.69, 9.17) is 5.11 Å². The first-order valence-electron chi connectivity index (χ1n) is 6.86. The lowest BCUT2D eigenvalue weighted by molar-refractivity contribution is 0.0695. The zero-order chi connectivity index (χ0) is 16.0. The van der Waals surface area contributed by atoms with Crippen molar-refractivity contribution in [3.8, 4) is 0 Å². The number of carboxylic acids is 1. The minimum Gasteiger partial charge on any atom is -0.478 e. The molecule has 0 saturated carbocycles. The molecular weight excluding hydrogens is 292 g/mol. The molecule has 0 aromatic heterocycles. The molecule has 0 amide bonds. The maximum Gasteiger partial charge on any atom is 0.336 e. The standard InChI is InChI=1S/C14H22N2O4S/c1-4-11-6-7-12(10-13(11)14(17)18)21(19,20)15-8-9-16(3)5-2/h6-7,10,15H,4-5,8-9H2,1-3H3,(H,17,18). The molecule has 0 heterocycles. The molecule has 0 radical (unpaired) electrons. The molecule has 2 N–H and O–H groups in total. The van der Waals surface area contributed by atoms with Gasteiger partial charge in [0.05, 0.1) is 10.5 Å². The van der Waals surface area contributed by atoms with Crippen LogP contribution >= 0.6 is 0 Å². The van der Waals surface area contributed by atoms with Crippen molar-refractivity contribution < 1.29 is 18.3 Å². The summed E-state index contributed by atoms with van der Waals surface area (Å²) in [4.78, 5) is 13.1. The van der Waals surface area contributed by atoms with Crippen molar-refractivity contribution in [1.82, 2.24) is 9.62 Å². The van der Waals surface area contributed by atoms with Crippen LogP contribution < -0.4 is 4.72 Å². The summed E-state index contributed by atoms with van der Waals surface area (Å²) < 4.78 is 26.8. The quantitative estimate of drug-likeness (QED) is 0.752. The van der Waals surface area contributed by atoms with Crippen LogP contribution in [0.25, 0.3) is 0 Å². The van der Waals surface area contributed by atoms with E-state index in [9.17, 15) is 13.2 Å². The minimum atomic E-state index is -3.69. The molecule has 0 saturated heterocycles. The Hall–Kier alpha value is -1.44. The Morgan fingerprint density at radius 2 is 2.00 bits per heavy atom. The van der Waals surface area contributed by atoms with E-state index in [1.807, 2.05) is 25.8 Å². The number of hydrogen-bond acceptors (Lipinski definition) is 4. The molecule has 21 heavy (non-hydrogen) atoms. The maximum absolute atomic E-state index is 12.2. The highest BCUT2D eigenvalue weighted by atomic mass is 32.2. The fraction of sp³-hybridized carbons (Fsp3) is 0.500. The second-order valence-corrected chi connectivity index (χ2v) is 6.54. The van der Waals surface area contributed by atoms with Gasteiger partial charge in [-0.2, -0.15) is 0 Å². The summed E-state index contributed by atoms with van der Waals surface area (Å²) in [6.07, 6.45) is 0.538. The van der Waals surface area contributed by atoms with Crippen LogP contribution in [0.4, 0.5) is 0 Å². The molecule has 1 aromatic carbocycles. The lowest BCUT2D eigenvalue weighted by atomic mass is 10.1. The van der Waals surface area contributed by atoms with E-state index in [2.05, 4.69) is 4.72 Å². The number of rotatable bonds is 8. The van der Waals surface area contributed by atoms with Crippen LogP contribution in [0.3, 0.4) is 0 Å². The van der Waals surface area contributed by atoms with Gasteiger partial charge in [-0.1, -0.05) is 19.9 Å². The smallest absolute Gasteiger partial charge is 0.336 e. The van der Waals surface area contributed by atoms with Crippen LogP contribution in [0.5, 0.6) is 0 Å². The van der Waals surface area contributed by atoms with E-state index < -0.39 is 16.0 Å². The third-order valence-corrected chi connectivity index (χ3v) is 4.79. The SMILES string of the molecule is CCc1ccc(S(=O)(=O)NCCN(C)CC)cc1C(=O)O. The number of likely N-dealkylation sites (N-methyl/N-ethyl adjacent to an activating group) is 1. The zero-order valence-electron chi connectivity index (χ0n) is 12.6. The number of nitrogens with zero attached hydrogens (tertiary/aromatic N) is 1. The van der Waals surface area contributed by atoms with Gasteiger partial charge in [0.25, 0.3) is 0 Å². The number of carboxylic acid groups (broad SMARTS) is 1. The second-order valence-electron chi connectivity index (χ2n) is 4.77. The molecule has 1 rings (SSSR count). The van der Waals surface area contributed by atoms with Crippen LogP contribution in [0.2, 0.25) is 0 Å². The average Bonchev–Trinajstić information content (AvgIpc) is 2.45. The lowest BCUT2D eigenvalue weighted by Crippen LogP contribution is -2.33. The molecule has 7 heteroatoms. The number of nitrogens with one attached hydrogen (secondary N) is 1. The summed E-state index contributed by atoms with van der Waals surface area (Å²) in [6, 6.07) is 4.21. The van der Waals surface area contributed by atoms with Gasteiger partial charge in [0.1, 0.15) is 0 Å². The first kappa shape index (κ1) is 17.6. The molecule has 0 atom stereocenters. The van der Waals surface area contributed by atoms with E-state index in [-0.39, 0.29) is 17.0 Å². The predicted octanol–water partition coefficient (Wildman–Crippen LogP) is 1.18. The van der Waals surface area contributed by atoms with Crippen molar-refractivity contribution in [2.75, 3.05) is 26.7 Å². The molecule has 6 nitrogen and oxygen atoms in total. The van der Waals surface area contributed by atoms with Crippen molar-refractivity contribution in [2.45, 2.75) is 25.2 Å². The molecule has 118 valence electrons. The molecule has 0 bridgehead atoms. The number of hydrogen-bond donors (Lipinski definition) is 2. The fourth-order valence-corrected chi connectivity index (χ4v) is 2.89. The monoisotopic (exact) mass is 314 g/mol. The summed E-state index contributed by atoms with van der Waals surface area (Å²) >= 11 is 0. The number of aryl methyl sites for hydroxylation is 1. The van der Waals surface area contributed by atoms with Gasteiger partial charge in [0, 0.05) is 13.1 Å². The van der Waals surface area contributed by atoms with Gasteiger partial charge in [-0.25, -0.2) is 17.9 Å².